The summed E-state index contributed by atoms with van der Waals surface area (Å²) < 4.78 is 0. The van der Waals surface area contributed by atoms with E-state index in [-0.39, 0.29) is 6.54 Å². The maximum absolute atomic E-state index is 10.6. The van der Waals surface area contributed by atoms with Gasteiger partial charge in [-0.25, -0.2) is 9.97 Å². The van der Waals surface area contributed by atoms with Crippen molar-refractivity contribution in [2.24, 2.45) is 5.92 Å². The third-order valence-corrected chi connectivity index (χ3v) is 3.35. The van der Waals surface area contributed by atoms with Crippen molar-refractivity contribution in [3.63, 3.8) is 0 Å². The lowest BCUT2D eigenvalue weighted by atomic mass is 9.99. The fourth-order valence-corrected chi connectivity index (χ4v) is 2.21. The highest BCUT2D eigenvalue weighted by Gasteiger charge is 2.17. The van der Waals surface area contributed by atoms with E-state index in [4.69, 9.17) is 5.11 Å². The Balaban J connectivity index is 2.09. The van der Waals surface area contributed by atoms with Crippen LogP contribution in [0.4, 0.5) is 11.6 Å². The summed E-state index contributed by atoms with van der Waals surface area (Å²) in [7, 11) is 0. The number of carboxylic acid groups (broad SMARTS) is 1. The van der Waals surface area contributed by atoms with E-state index in [1.54, 1.807) is 0 Å². The minimum atomic E-state index is -0.899. The molecule has 0 unspecified atom stereocenters. The van der Waals surface area contributed by atoms with E-state index in [9.17, 15) is 4.79 Å². The molecule has 6 heteroatoms. The van der Waals surface area contributed by atoms with Crippen molar-refractivity contribution in [1.82, 2.24) is 9.97 Å². The number of aromatic nitrogens is 2. The summed E-state index contributed by atoms with van der Waals surface area (Å²) >= 11 is 0. The van der Waals surface area contributed by atoms with Gasteiger partial charge >= 0.3 is 5.97 Å². The maximum Gasteiger partial charge on any atom is 0.322 e. The topological polar surface area (TPSA) is 78.3 Å². The molecule has 6 nitrogen and oxygen atoms in total. The first kappa shape index (κ1) is 13.6. The van der Waals surface area contributed by atoms with Crippen LogP contribution in [-0.4, -0.2) is 40.7 Å². The Kier molecular flexibility index (Phi) is 4.19. The van der Waals surface area contributed by atoms with E-state index in [2.05, 4.69) is 27.1 Å². The van der Waals surface area contributed by atoms with Crippen LogP contribution in [0.3, 0.4) is 0 Å². The van der Waals surface area contributed by atoms with Crippen LogP contribution in [-0.2, 0) is 4.79 Å². The number of hydrogen-bond acceptors (Lipinski definition) is 5. The quantitative estimate of drug-likeness (QED) is 0.858. The van der Waals surface area contributed by atoms with E-state index < -0.39 is 5.97 Å². The molecule has 2 N–H and O–H groups in total. The zero-order chi connectivity index (χ0) is 13.8. The van der Waals surface area contributed by atoms with Crippen LogP contribution in [0.25, 0.3) is 0 Å². The van der Waals surface area contributed by atoms with Crippen LogP contribution in [0.2, 0.25) is 0 Å². The Bertz CT molecular complexity index is 456. The molecule has 0 spiro atoms. The fraction of sp³-hybridized carbons (Fsp3) is 0.615. The molecule has 2 heterocycles. The Morgan fingerprint density at radius 2 is 2.16 bits per heavy atom. The first-order chi connectivity index (χ1) is 9.04. The van der Waals surface area contributed by atoms with Crippen LogP contribution in [0.15, 0.2) is 6.07 Å². The Morgan fingerprint density at radius 3 is 2.79 bits per heavy atom. The van der Waals surface area contributed by atoms with Crippen molar-refractivity contribution in [3.05, 3.63) is 11.9 Å². The lowest BCUT2D eigenvalue weighted by Crippen LogP contribution is -2.33. The van der Waals surface area contributed by atoms with E-state index in [0.717, 1.165) is 24.8 Å². The van der Waals surface area contributed by atoms with Crippen LogP contribution < -0.4 is 10.2 Å². The number of rotatable bonds is 4. The Labute approximate surface area is 112 Å². The number of hydrogen-bond donors (Lipinski definition) is 2. The van der Waals surface area contributed by atoms with E-state index in [0.29, 0.717) is 11.6 Å². The largest absolute Gasteiger partial charge is 0.480 e. The molecule has 19 heavy (non-hydrogen) atoms. The van der Waals surface area contributed by atoms with Gasteiger partial charge in [-0.15, -0.1) is 0 Å². The highest BCUT2D eigenvalue weighted by atomic mass is 16.4. The van der Waals surface area contributed by atoms with E-state index >= 15 is 0 Å². The van der Waals surface area contributed by atoms with Crippen LogP contribution >= 0.6 is 0 Å². The van der Waals surface area contributed by atoms with E-state index in [1.807, 2.05) is 13.0 Å². The summed E-state index contributed by atoms with van der Waals surface area (Å²) in [5.41, 5.74) is 0. The molecule has 104 valence electrons. The lowest BCUT2D eigenvalue weighted by Gasteiger charge is -2.31. The normalized spacial score (nSPS) is 16.4. The van der Waals surface area contributed by atoms with Crippen molar-refractivity contribution in [3.8, 4) is 0 Å². The molecule has 0 amide bonds. The number of aliphatic carboxylic acids is 1. The number of anilines is 2. The third kappa shape index (κ3) is 3.81. The highest BCUT2D eigenvalue weighted by Crippen LogP contribution is 2.22. The number of carbonyl (C=O) groups is 1. The molecule has 2 rings (SSSR count). The van der Waals surface area contributed by atoms with Crippen molar-refractivity contribution in [1.29, 1.82) is 0 Å². The summed E-state index contributed by atoms with van der Waals surface area (Å²) in [5.74, 6) is 1.98. The monoisotopic (exact) mass is 264 g/mol. The molecule has 1 fully saturated rings. The maximum atomic E-state index is 10.6. The van der Waals surface area contributed by atoms with Crippen LogP contribution in [0, 0.1) is 12.8 Å². The molecule has 1 aliphatic rings. The minimum Gasteiger partial charge on any atom is -0.480 e. The van der Waals surface area contributed by atoms with Crippen molar-refractivity contribution in [2.75, 3.05) is 29.9 Å². The number of nitrogens with zero attached hydrogens (tertiary/aromatic N) is 3. The molecule has 1 aromatic rings. The number of aryl methyl sites for hydroxylation is 1. The van der Waals surface area contributed by atoms with Gasteiger partial charge in [-0.3, -0.25) is 4.79 Å². The second-order valence-electron chi connectivity index (χ2n) is 5.08. The number of piperidine rings is 1. The molecular formula is C13H20N4O2. The van der Waals surface area contributed by atoms with Gasteiger partial charge in [-0.1, -0.05) is 6.92 Å². The molecule has 0 aromatic carbocycles. The van der Waals surface area contributed by atoms with Gasteiger partial charge in [0.15, 0.2) is 0 Å². The Hall–Kier alpha value is -1.85. The first-order valence-electron chi connectivity index (χ1n) is 6.61. The fourth-order valence-electron chi connectivity index (χ4n) is 2.21. The summed E-state index contributed by atoms with van der Waals surface area (Å²) in [5, 5.41) is 11.5. The van der Waals surface area contributed by atoms with Gasteiger partial charge in [0.2, 0.25) is 0 Å². The van der Waals surface area contributed by atoms with Crippen molar-refractivity contribution in [2.45, 2.75) is 26.7 Å². The van der Waals surface area contributed by atoms with Gasteiger partial charge in [0, 0.05) is 19.2 Å². The predicted octanol–water partition coefficient (Wildman–Crippen LogP) is 1.52. The zero-order valence-corrected chi connectivity index (χ0v) is 11.4. The zero-order valence-electron chi connectivity index (χ0n) is 11.4. The van der Waals surface area contributed by atoms with Gasteiger partial charge in [0.1, 0.15) is 24.0 Å². The Morgan fingerprint density at radius 1 is 1.47 bits per heavy atom. The summed E-state index contributed by atoms with van der Waals surface area (Å²) in [4.78, 5) is 21.4. The van der Waals surface area contributed by atoms with Gasteiger partial charge in [0.25, 0.3) is 0 Å². The number of carboxylic acids is 1. The third-order valence-electron chi connectivity index (χ3n) is 3.35. The lowest BCUT2D eigenvalue weighted by molar-refractivity contribution is -0.134. The van der Waals surface area contributed by atoms with Gasteiger partial charge in [-0.2, -0.15) is 0 Å². The van der Waals surface area contributed by atoms with Gasteiger partial charge in [0.05, 0.1) is 0 Å². The summed E-state index contributed by atoms with van der Waals surface area (Å²) in [6, 6.07) is 1.83. The van der Waals surface area contributed by atoms with Gasteiger partial charge in [-0.05, 0) is 25.7 Å². The molecule has 0 bridgehead atoms. The van der Waals surface area contributed by atoms with E-state index in [1.165, 1.54) is 12.8 Å². The predicted molar refractivity (Wildman–Crippen MR) is 73.5 cm³/mol. The first-order valence-corrected chi connectivity index (χ1v) is 6.61. The molecule has 1 aromatic heterocycles. The van der Waals surface area contributed by atoms with Crippen molar-refractivity contribution < 1.29 is 9.90 Å². The van der Waals surface area contributed by atoms with Crippen LogP contribution in [0.1, 0.15) is 25.6 Å². The second-order valence-corrected chi connectivity index (χ2v) is 5.08. The molecular weight excluding hydrogens is 244 g/mol. The van der Waals surface area contributed by atoms with Crippen LogP contribution in [0.5, 0.6) is 0 Å². The average molecular weight is 264 g/mol. The molecule has 0 aliphatic carbocycles. The standard InChI is InChI=1S/C13H20N4O2/c1-9-3-5-17(6-4-9)12-7-11(14-8-13(18)19)15-10(2)16-12/h7,9H,3-6,8H2,1-2H3,(H,18,19)(H,14,15,16). The minimum absolute atomic E-state index is 0.132. The average Bonchev–Trinajstić information content (AvgIpc) is 2.36. The highest BCUT2D eigenvalue weighted by molar-refractivity contribution is 5.72. The molecule has 0 saturated carbocycles. The molecule has 0 atom stereocenters. The SMILES string of the molecule is Cc1nc(NCC(=O)O)cc(N2CCC(C)CC2)n1. The summed E-state index contributed by atoms with van der Waals surface area (Å²) in [6.45, 7) is 5.95. The smallest absolute Gasteiger partial charge is 0.322 e. The molecule has 0 radical (unpaired) electrons. The van der Waals surface area contributed by atoms with Gasteiger partial charge < -0.3 is 15.3 Å². The molecule has 1 aliphatic heterocycles. The second kappa shape index (κ2) is 5.86. The molecule has 1 saturated heterocycles. The summed E-state index contributed by atoms with van der Waals surface area (Å²) in [6.07, 6.45) is 2.34. The van der Waals surface area contributed by atoms with Crippen molar-refractivity contribution >= 4 is 17.6 Å². The number of nitrogens with one attached hydrogen (secondary N) is 1.